The summed E-state index contributed by atoms with van der Waals surface area (Å²) in [4.78, 5) is 0. The van der Waals surface area contributed by atoms with Crippen molar-refractivity contribution in [3.8, 4) is 0 Å². The zero-order valence-corrected chi connectivity index (χ0v) is 10.8. The molecule has 0 amide bonds. The highest BCUT2D eigenvalue weighted by Gasteiger charge is 2.36. The van der Waals surface area contributed by atoms with Crippen LogP contribution < -0.4 is 5.32 Å². The Bertz CT molecular complexity index is 401. The number of nitrogens with one attached hydrogen (secondary N) is 1. The topological polar surface area (TPSA) is 21.3 Å². The second kappa shape index (κ2) is 5.51. The Morgan fingerprint density at radius 1 is 1.26 bits per heavy atom. The zero-order valence-electron chi connectivity index (χ0n) is 10.8. The van der Waals surface area contributed by atoms with E-state index in [2.05, 4.69) is 5.32 Å². The predicted molar refractivity (Wildman–Crippen MR) is 66.8 cm³/mol. The smallest absolute Gasteiger partial charge is 0.380 e. The average molecular weight is 273 g/mol. The molecule has 106 valence electrons. The molecular weight excluding hydrogens is 255 g/mol. The molecule has 5 heteroatoms. The van der Waals surface area contributed by atoms with Crippen molar-refractivity contribution in [2.24, 2.45) is 5.41 Å². The van der Waals surface area contributed by atoms with Crippen molar-refractivity contribution in [3.63, 3.8) is 0 Å². The van der Waals surface area contributed by atoms with E-state index in [1.54, 1.807) is 30.3 Å². The lowest BCUT2D eigenvalue weighted by molar-refractivity contribution is -0.143. The Hall–Kier alpha value is -1.07. The van der Waals surface area contributed by atoms with Gasteiger partial charge in [0, 0.05) is 18.0 Å². The number of halogens is 3. The minimum Gasteiger partial charge on any atom is -0.380 e. The van der Waals surface area contributed by atoms with Gasteiger partial charge in [-0.25, -0.2) is 0 Å². The molecule has 1 fully saturated rings. The number of rotatable bonds is 5. The van der Waals surface area contributed by atoms with Crippen LogP contribution in [0.25, 0.3) is 0 Å². The SMILES string of the molecule is CC1(CNC(CC(F)(F)F)c2ccccc2)COC1. The molecule has 1 saturated heterocycles. The molecule has 1 N–H and O–H groups in total. The van der Waals surface area contributed by atoms with Gasteiger partial charge in [-0.2, -0.15) is 13.2 Å². The van der Waals surface area contributed by atoms with Crippen LogP contribution in [0, 0.1) is 5.41 Å². The van der Waals surface area contributed by atoms with Crippen molar-refractivity contribution < 1.29 is 17.9 Å². The van der Waals surface area contributed by atoms with Gasteiger partial charge in [-0.3, -0.25) is 0 Å². The molecule has 1 aromatic rings. The number of benzene rings is 1. The summed E-state index contributed by atoms with van der Waals surface area (Å²) in [7, 11) is 0. The van der Waals surface area contributed by atoms with Crippen LogP contribution in [0.15, 0.2) is 30.3 Å². The molecule has 1 aromatic carbocycles. The van der Waals surface area contributed by atoms with Crippen LogP contribution in [0.2, 0.25) is 0 Å². The first kappa shape index (κ1) is 14.3. The summed E-state index contributed by atoms with van der Waals surface area (Å²) in [6, 6.07) is 8.07. The largest absolute Gasteiger partial charge is 0.390 e. The molecule has 0 aliphatic carbocycles. The normalized spacial score (nSPS) is 19.8. The number of hydrogen-bond donors (Lipinski definition) is 1. The lowest BCUT2D eigenvalue weighted by Crippen LogP contribution is -2.48. The first-order valence-corrected chi connectivity index (χ1v) is 6.31. The van der Waals surface area contributed by atoms with E-state index in [-0.39, 0.29) is 5.41 Å². The van der Waals surface area contributed by atoms with Gasteiger partial charge in [0.2, 0.25) is 0 Å². The van der Waals surface area contributed by atoms with Crippen LogP contribution in [-0.4, -0.2) is 25.9 Å². The van der Waals surface area contributed by atoms with Crippen molar-refractivity contribution in [1.29, 1.82) is 0 Å². The summed E-state index contributed by atoms with van der Waals surface area (Å²) < 4.78 is 43.0. The third kappa shape index (κ3) is 4.21. The summed E-state index contributed by atoms with van der Waals surface area (Å²) in [5.41, 5.74) is 0.627. The average Bonchev–Trinajstić information content (AvgIpc) is 2.32. The Morgan fingerprint density at radius 2 is 1.89 bits per heavy atom. The van der Waals surface area contributed by atoms with Crippen LogP contribution in [0.3, 0.4) is 0 Å². The molecule has 0 saturated carbocycles. The van der Waals surface area contributed by atoms with Crippen molar-refractivity contribution in [2.75, 3.05) is 19.8 Å². The number of alkyl halides is 3. The first-order chi connectivity index (χ1) is 8.88. The van der Waals surface area contributed by atoms with E-state index >= 15 is 0 Å². The van der Waals surface area contributed by atoms with Gasteiger partial charge in [0.15, 0.2) is 0 Å². The monoisotopic (exact) mass is 273 g/mol. The van der Waals surface area contributed by atoms with E-state index in [0.29, 0.717) is 25.3 Å². The van der Waals surface area contributed by atoms with E-state index < -0.39 is 18.6 Å². The fourth-order valence-electron chi connectivity index (χ4n) is 2.15. The van der Waals surface area contributed by atoms with Crippen molar-refractivity contribution in [2.45, 2.75) is 25.6 Å². The summed E-state index contributed by atoms with van der Waals surface area (Å²) in [6.07, 6.45) is -5.03. The van der Waals surface area contributed by atoms with Crippen molar-refractivity contribution in [3.05, 3.63) is 35.9 Å². The zero-order chi connectivity index (χ0) is 13.9. The molecule has 2 rings (SSSR count). The first-order valence-electron chi connectivity index (χ1n) is 6.31. The Labute approximate surface area is 111 Å². The lowest BCUT2D eigenvalue weighted by Gasteiger charge is -2.39. The van der Waals surface area contributed by atoms with E-state index in [1.807, 2.05) is 6.92 Å². The van der Waals surface area contributed by atoms with Gasteiger partial charge in [-0.1, -0.05) is 37.3 Å². The maximum Gasteiger partial charge on any atom is 0.390 e. The summed E-state index contributed by atoms with van der Waals surface area (Å²) in [5.74, 6) is 0. The maximum atomic E-state index is 12.6. The summed E-state index contributed by atoms with van der Waals surface area (Å²) in [5, 5.41) is 3.04. The van der Waals surface area contributed by atoms with Crippen LogP contribution in [0.4, 0.5) is 13.2 Å². The third-order valence-corrected chi connectivity index (χ3v) is 3.31. The van der Waals surface area contributed by atoms with Gasteiger partial charge < -0.3 is 10.1 Å². The Morgan fingerprint density at radius 3 is 2.37 bits per heavy atom. The van der Waals surface area contributed by atoms with E-state index in [4.69, 9.17) is 4.74 Å². The van der Waals surface area contributed by atoms with Gasteiger partial charge >= 0.3 is 6.18 Å². The van der Waals surface area contributed by atoms with Crippen LogP contribution in [0.5, 0.6) is 0 Å². The van der Waals surface area contributed by atoms with Gasteiger partial charge in [-0.05, 0) is 5.56 Å². The van der Waals surface area contributed by atoms with Crippen LogP contribution in [-0.2, 0) is 4.74 Å². The number of hydrogen-bond acceptors (Lipinski definition) is 2. The molecular formula is C14H18F3NO. The lowest BCUT2D eigenvalue weighted by atomic mass is 9.88. The molecule has 19 heavy (non-hydrogen) atoms. The van der Waals surface area contributed by atoms with Gasteiger partial charge in [0.05, 0.1) is 19.6 Å². The highest BCUT2D eigenvalue weighted by atomic mass is 19.4. The minimum absolute atomic E-state index is 0.0430. The minimum atomic E-state index is -4.18. The molecule has 0 aromatic heterocycles. The molecule has 0 spiro atoms. The van der Waals surface area contributed by atoms with E-state index in [1.165, 1.54) is 0 Å². The third-order valence-electron chi connectivity index (χ3n) is 3.31. The number of ether oxygens (including phenoxy) is 1. The molecule has 1 aliphatic rings. The molecule has 1 atom stereocenters. The second-order valence-electron chi connectivity index (χ2n) is 5.47. The molecule has 0 bridgehead atoms. The quantitative estimate of drug-likeness (QED) is 0.888. The van der Waals surface area contributed by atoms with Crippen molar-refractivity contribution >= 4 is 0 Å². The van der Waals surface area contributed by atoms with Gasteiger partial charge in [0.25, 0.3) is 0 Å². The van der Waals surface area contributed by atoms with Crippen LogP contribution in [0.1, 0.15) is 24.9 Å². The molecule has 0 radical (unpaired) electrons. The van der Waals surface area contributed by atoms with E-state index in [9.17, 15) is 13.2 Å². The summed E-state index contributed by atoms with van der Waals surface area (Å²) >= 11 is 0. The molecule has 1 aliphatic heterocycles. The maximum absolute atomic E-state index is 12.6. The standard InChI is InChI=1S/C14H18F3NO/c1-13(9-19-10-13)8-18-12(7-14(15,16)17)11-5-3-2-4-6-11/h2-6,12,18H,7-10H2,1H3. The second-order valence-corrected chi connectivity index (χ2v) is 5.47. The van der Waals surface area contributed by atoms with Gasteiger partial charge in [0.1, 0.15) is 0 Å². The summed E-state index contributed by atoms with van der Waals surface area (Å²) in [6.45, 7) is 3.75. The van der Waals surface area contributed by atoms with E-state index in [0.717, 1.165) is 0 Å². The van der Waals surface area contributed by atoms with Crippen molar-refractivity contribution in [1.82, 2.24) is 5.32 Å². The molecule has 1 heterocycles. The molecule has 2 nitrogen and oxygen atoms in total. The van der Waals surface area contributed by atoms with Gasteiger partial charge in [-0.15, -0.1) is 0 Å². The highest BCUT2D eigenvalue weighted by molar-refractivity contribution is 5.19. The van der Waals surface area contributed by atoms with Crippen LogP contribution >= 0.6 is 0 Å². The highest BCUT2D eigenvalue weighted by Crippen LogP contribution is 2.31. The fraction of sp³-hybridized carbons (Fsp3) is 0.571. The Balaban J connectivity index is 2.02. The Kier molecular flexibility index (Phi) is 4.16. The fourth-order valence-corrected chi connectivity index (χ4v) is 2.15. The predicted octanol–water partition coefficient (Wildman–Crippen LogP) is 3.31. The molecule has 1 unspecified atom stereocenters.